The average Bonchev–Trinajstić information content (AvgIpc) is 2.83. The minimum atomic E-state index is -0.885. The molecule has 3 aromatic rings. The Hall–Kier alpha value is -4.04. The predicted molar refractivity (Wildman–Crippen MR) is 138 cm³/mol. The van der Waals surface area contributed by atoms with Gasteiger partial charge in [0.05, 0.1) is 5.92 Å². The number of pyridine rings is 1. The fourth-order valence-electron chi connectivity index (χ4n) is 3.76. The SMILES string of the molecule is CC(C)(C)OC(=O)C(CN)c1ccc(C(=O)Nc2ccncc2)cc1-c1cccc(CCC(=O)O)c1. The van der Waals surface area contributed by atoms with Crippen molar-refractivity contribution in [3.8, 4) is 11.1 Å². The summed E-state index contributed by atoms with van der Waals surface area (Å²) < 4.78 is 5.61. The van der Waals surface area contributed by atoms with E-state index in [9.17, 15) is 14.4 Å². The Bertz CT molecular complexity index is 1240. The molecule has 2 aromatic carbocycles. The van der Waals surface area contributed by atoms with E-state index in [1.165, 1.54) is 0 Å². The minimum Gasteiger partial charge on any atom is -0.481 e. The highest BCUT2D eigenvalue weighted by atomic mass is 16.6. The zero-order chi connectivity index (χ0) is 26.3. The van der Waals surface area contributed by atoms with Crippen LogP contribution in [-0.2, 0) is 20.7 Å². The van der Waals surface area contributed by atoms with Crippen LogP contribution in [0, 0.1) is 0 Å². The summed E-state index contributed by atoms with van der Waals surface area (Å²) in [5, 5.41) is 11.9. The number of hydrogen-bond donors (Lipinski definition) is 3. The van der Waals surface area contributed by atoms with Crippen LogP contribution in [0.5, 0.6) is 0 Å². The molecule has 0 spiro atoms. The number of rotatable bonds is 9. The smallest absolute Gasteiger partial charge is 0.315 e. The van der Waals surface area contributed by atoms with Gasteiger partial charge in [-0.1, -0.05) is 30.3 Å². The number of carbonyl (C=O) groups is 3. The second-order valence-electron chi connectivity index (χ2n) is 9.41. The topological polar surface area (TPSA) is 132 Å². The first kappa shape index (κ1) is 26.6. The van der Waals surface area contributed by atoms with Crippen molar-refractivity contribution < 1.29 is 24.2 Å². The van der Waals surface area contributed by atoms with Crippen LogP contribution in [0.15, 0.2) is 67.0 Å². The van der Waals surface area contributed by atoms with Gasteiger partial charge in [-0.15, -0.1) is 0 Å². The number of aromatic nitrogens is 1. The van der Waals surface area contributed by atoms with Crippen molar-refractivity contribution in [2.24, 2.45) is 5.73 Å². The minimum absolute atomic E-state index is 0.00593. The lowest BCUT2D eigenvalue weighted by Crippen LogP contribution is -2.31. The van der Waals surface area contributed by atoms with Gasteiger partial charge in [0.1, 0.15) is 5.60 Å². The van der Waals surface area contributed by atoms with Crippen molar-refractivity contribution in [1.82, 2.24) is 4.98 Å². The third-order valence-electron chi connectivity index (χ3n) is 5.42. The highest BCUT2D eigenvalue weighted by Crippen LogP contribution is 2.33. The summed E-state index contributed by atoms with van der Waals surface area (Å²) in [7, 11) is 0. The van der Waals surface area contributed by atoms with Crippen molar-refractivity contribution >= 4 is 23.5 Å². The number of amides is 1. The van der Waals surface area contributed by atoms with Gasteiger partial charge in [-0.05, 0) is 73.7 Å². The Morgan fingerprint density at radius 2 is 1.78 bits per heavy atom. The molecule has 0 radical (unpaired) electrons. The highest BCUT2D eigenvalue weighted by Gasteiger charge is 2.28. The Kier molecular flexibility index (Phi) is 8.55. The number of aryl methyl sites for hydroxylation is 1. The van der Waals surface area contributed by atoms with E-state index in [2.05, 4.69) is 10.3 Å². The van der Waals surface area contributed by atoms with E-state index in [1.807, 2.05) is 24.3 Å². The fourth-order valence-corrected chi connectivity index (χ4v) is 3.76. The molecule has 1 amide bonds. The first-order valence-electron chi connectivity index (χ1n) is 11.7. The van der Waals surface area contributed by atoms with Gasteiger partial charge >= 0.3 is 11.9 Å². The molecule has 188 valence electrons. The van der Waals surface area contributed by atoms with Crippen LogP contribution in [0.1, 0.15) is 54.6 Å². The van der Waals surface area contributed by atoms with Gasteiger partial charge in [0.25, 0.3) is 5.91 Å². The van der Waals surface area contributed by atoms with Gasteiger partial charge in [0.2, 0.25) is 0 Å². The Morgan fingerprint density at radius 1 is 1.06 bits per heavy atom. The molecule has 0 saturated carbocycles. The summed E-state index contributed by atoms with van der Waals surface area (Å²) in [6.07, 6.45) is 3.51. The van der Waals surface area contributed by atoms with Gasteiger partial charge in [0, 0.05) is 36.6 Å². The number of nitrogens with one attached hydrogen (secondary N) is 1. The van der Waals surface area contributed by atoms with Gasteiger partial charge < -0.3 is 20.9 Å². The molecule has 0 fully saturated rings. The zero-order valence-electron chi connectivity index (χ0n) is 20.7. The number of ether oxygens (including phenoxy) is 1. The van der Waals surface area contributed by atoms with Crippen LogP contribution in [0.25, 0.3) is 11.1 Å². The van der Waals surface area contributed by atoms with Crippen LogP contribution in [-0.4, -0.2) is 40.1 Å². The summed E-state index contributed by atoms with van der Waals surface area (Å²) >= 11 is 0. The molecule has 8 nitrogen and oxygen atoms in total. The molecule has 1 unspecified atom stereocenters. The van der Waals surface area contributed by atoms with Crippen LogP contribution < -0.4 is 11.1 Å². The number of carboxylic acid groups (broad SMARTS) is 1. The number of nitrogens with zero attached hydrogens (tertiary/aromatic N) is 1. The standard InChI is InChI=1S/C28H31N3O5/c1-28(2,3)36-27(35)24(17-29)22-9-8-20(26(34)31-21-11-13-30-14-12-21)16-23(22)19-6-4-5-18(15-19)7-10-25(32)33/h4-6,8-9,11-16,24H,7,10,17,29H2,1-3H3,(H,32,33)(H,30,31,34). The number of aliphatic carboxylic acids is 1. The molecule has 0 aliphatic carbocycles. The molecule has 1 heterocycles. The summed E-state index contributed by atoms with van der Waals surface area (Å²) in [6.45, 7) is 5.39. The fraction of sp³-hybridized carbons (Fsp3) is 0.286. The molecular weight excluding hydrogens is 458 g/mol. The monoisotopic (exact) mass is 489 g/mol. The molecule has 1 atom stereocenters. The summed E-state index contributed by atoms with van der Waals surface area (Å²) in [4.78, 5) is 41.0. The summed E-state index contributed by atoms with van der Waals surface area (Å²) in [6, 6.07) is 15.9. The van der Waals surface area contributed by atoms with E-state index >= 15 is 0 Å². The molecule has 0 aliphatic heterocycles. The maximum absolute atomic E-state index is 13.0. The van der Waals surface area contributed by atoms with E-state index in [4.69, 9.17) is 15.6 Å². The van der Waals surface area contributed by atoms with Crippen molar-refractivity contribution in [1.29, 1.82) is 0 Å². The maximum atomic E-state index is 13.0. The van der Waals surface area contributed by atoms with E-state index in [0.29, 0.717) is 28.8 Å². The quantitative estimate of drug-likeness (QED) is 0.380. The maximum Gasteiger partial charge on any atom is 0.315 e. The normalized spacial score (nSPS) is 12.0. The number of anilines is 1. The third kappa shape index (κ3) is 7.23. The number of esters is 1. The van der Waals surface area contributed by atoms with Crippen molar-refractivity contribution in [3.05, 3.63) is 83.7 Å². The first-order valence-corrected chi connectivity index (χ1v) is 11.7. The molecule has 3 rings (SSSR count). The molecule has 8 heteroatoms. The first-order chi connectivity index (χ1) is 17.1. The Labute approximate surface area is 210 Å². The second kappa shape index (κ2) is 11.6. The van der Waals surface area contributed by atoms with Crippen molar-refractivity contribution in [2.45, 2.75) is 45.1 Å². The molecule has 1 aromatic heterocycles. The lowest BCUT2D eigenvalue weighted by molar-refractivity contribution is -0.156. The third-order valence-corrected chi connectivity index (χ3v) is 5.42. The van der Waals surface area contributed by atoms with Crippen LogP contribution in [0.4, 0.5) is 5.69 Å². The van der Waals surface area contributed by atoms with Gasteiger partial charge in [-0.25, -0.2) is 0 Å². The van der Waals surface area contributed by atoms with Crippen molar-refractivity contribution in [2.75, 3.05) is 11.9 Å². The highest BCUT2D eigenvalue weighted by molar-refractivity contribution is 6.05. The average molecular weight is 490 g/mol. The number of carboxylic acids is 1. The number of benzene rings is 2. The molecular formula is C28H31N3O5. The summed E-state index contributed by atoms with van der Waals surface area (Å²) in [5.41, 5.74) is 9.18. The lowest BCUT2D eigenvalue weighted by Gasteiger charge is -2.25. The molecule has 36 heavy (non-hydrogen) atoms. The number of hydrogen-bond acceptors (Lipinski definition) is 6. The molecule has 0 bridgehead atoms. The van der Waals surface area contributed by atoms with Crippen molar-refractivity contribution in [3.63, 3.8) is 0 Å². The Morgan fingerprint density at radius 3 is 2.42 bits per heavy atom. The molecule has 0 saturated heterocycles. The number of nitrogens with two attached hydrogens (primary N) is 1. The van der Waals surface area contributed by atoms with Gasteiger partial charge in [-0.2, -0.15) is 0 Å². The van der Waals surface area contributed by atoms with E-state index in [-0.39, 0.29) is 18.9 Å². The largest absolute Gasteiger partial charge is 0.481 e. The number of carbonyl (C=O) groups excluding carboxylic acids is 2. The van der Waals surface area contributed by atoms with Crippen LogP contribution in [0.3, 0.4) is 0 Å². The summed E-state index contributed by atoms with van der Waals surface area (Å²) in [5.74, 6) is -2.41. The lowest BCUT2D eigenvalue weighted by atomic mass is 9.88. The van der Waals surface area contributed by atoms with E-state index < -0.39 is 23.5 Å². The Balaban J connectivity index is 2.06. The van der Waals surface area contributed by atoms with E-state index in [1.54, 1.807) is 63.5 Å². The van der Waals surface area contributed by atoms with Crippen LogP contribution >= 0.6 is 0 Å². The molecule has 4 N–H and O–H groups in total. The van der Waals surface area contributed by atoms with Gasteiger partial charge in [0.15, 0.2) is 0 Å². The zero-order valence-corrected chi connectivity index (χ0v) is 20.7. The van der Waals surface area contributed by atoms with E-state index in [0.717, 1.165) is 11.1 Å². The van der Waals surface area contributed by atoms with Crippen LogP contribution in [0.2, 0.25) is 0 Å². The van der Waals surface area contributed by atoms with Gasteiger partial charge in [-0.3, -0.25) is 19.4 Å². The second-order valence-corrected chi connectivity index (χ2v) is 9.41. The predicted octanol–water partition coefficient (Wildman–Crippen LogP) is 4.40. The molecule has 0 aliphatic rings.